The fourth-order valence-corrected chi connectivity index (χ4v) is 3.14. The molecular weight excluding hydrogens is 302 g/mol. The molecule has 0 aromatic carbocycles. The third-order valence-corrected chi connectivity index (χ3v) is 4.32. The third-order valence-electron chi connectivity index (χ3n) is 4.32. The minimum absolute atomic E-state index is 0.0869. The summed E-state index contributed by atoms with van der Waals surface area (Å²) in [5, 5.41) is 2.73. The van der Waals surface area contributed by atoms with Gasteiger partial charge in [-0.2, -0.15) is 13.2 Å². The van der Waals surface area contributed by atoms with Crippen LogP contribution in [0.4, 0.5) is 17.6 Å². The van der Waals surface area contributed by atoms with Crippen LogP contribution in [0.2, 0.25) is 0 Å². The molecule has 1 amide bonds. The van der Waals surface area contributed by atoms with Gasteiger partial charge in [-0.3, -0.25) is 4.79 Å². The van der Waals surface area contributed by atoms with Crippen LogP contribution in [0.25, 0.3) is 0 Å². The highest BCUT2D eigenvalue weighted by atomic mass is 19.4. The molecule has 120 valence electrons. The molecule has 0 unspecified atom stereocenters. The summed E-state index contributed by atoms with van der Waals surface area (Å²) in [6.07, 6.45) is -2.98. The molecule has 1 aromatic heterocycles. The van der Waals surface area contributed by atoms with Crippen LogP contribution >= 0.6 is 0 Å². The summed E-state index contributed by atoms with van der Waals surface area (Å²) in [7, 11) is 0. The first-order chi connectivity index (χ1) is 10.3. The predicted octanol–water partition coefficient (Wildman–Crippen LogP) is 2.06. The van der Waals surface area contributed by atoms with Gasteiger partial charge in [-0.15, -0.1) is 0 Å². The van der Waals surface area contributed by atoms with Crippen LogP contribution in [0.5, 0.6) is 0 Å². The van der Waals surface area contributed by atoms with Crippen LogP contribution in [-0.4, -0.2) is 41.5 Å². The molecule has 3 fully saturated rings. The van der Waals surface area contributed by atoms with Crippen molar-refractivity contribution < 1.29 is 22.4 Å². The molecule has 4 heterocycles. The first-order valence-electron chi connectivity index (χ1n) is 7.11. The van der Waals surface area contributed by atoms with E-state index in [9.17, 15) is 22.4 Å². The SMILES string of the molecule is O=C(N[C@H]1CN2CCC1CC2)c1ccc(F)c(C(F)(F)F)n1. The van der Waals surface area contributed by atoms with Gasteiger partial charge in [0.2, 0.25) is 0 Å². The minimum atomic E-state index is -4.92. The molecular formula is C14H15F4N3O. The normalized spacial score (nSPS) is 27.7. The Morgan fingerprint density at radius 3 is 2.50 bits per heavy atom. The Morgan fingerprint density at radius 2 is 1.95 bits per heavy atom. The number of piperidine rings is 3. The van der Waals surface area contributed by atoms with Crippen LogP contribution in [0.3, 0.4) is 0 Å². The lowest BCUT2D eigenvalue weighted by atomic mass is 9.84. The number of aromatic nitrogens is 1. The summed E-state index contributed by atoms with van der Waals surface area (Å²) in [6, 6.07) is 1.51. The summed E-state index contributed by atoms with van der Waals surface area (Å²) < 4.78 is 51.1. The van der Waals surface area contributed by atoms with Crippen LogP contribution in [0, 0.1) is 11.7 Å². The number of alkyl halides is 3. The summed E-state index contributed by atoms with van der Waals surface area (Å²) in [4.78, 5) is 17.5. The fraction of sp³-hybridized carbons (Fsp3) is 0.571. The molecule has 1 aromatic rings. The molecule has 2 bridgehead atoms. The Morgan fingerprint density at radius 1 is 1.27 bits per heavy atom. The smallest absolute Gasteiger partial charge is 0.346 e. The van der Waals surface area contributed by atoms with Crippen molar-refractivity contribution in [2.75, 3.05) is 19.6 Å². The molecule has 4 rings (SSSR count). The van der Waals surface area contributed by atoms with E-state index in [2.05, 4.69) is 15.2 Å². The van der Waals surface area contributed by atoms with Gasteiger partial charge in [0, 0.05) is 12.6 Å². The first kappa shape index (κ1) is 15.2. The fourth-order valence-electron chi connectivity index (χ4n) is 3.14. The molecule has 0 radical (unpaired) electrons. The maximum absolute atomic E-state index is 13.2. The maximum Gasteiger partial charge on any atom is 0.436 e. The van der Waals surface area contributed by atoms with Crippen LogP contribution in [0.1, 0.15) is 29.0 Å². The molecule has 0 saturated carbocycles. The Kier molecular flexibility index (Phi) is 3.80. The van der Waals surface area contributed by atoms with E-state index in [1.165, 1.54) is 0 Å². The van der Waals surface area contributed by atoms with E-state index >= 15 is 0 Å². The van der Waals surface area contributed by atoms with Crippen molar-refractivity contribution in [3.05, 3.63) is 29.3 Å². The number of pyridine rings is 1. The number of nitrogens with one attached hydrogen (secondary N) is 1. The Labute approximate surface area is 124 Å². The standard InChI is InChI=1S/C14H15F4N3O/c15-9-1-2-10(19-12(9)14(16,17)18)13(22)20-11-7-21-5-3-8(11)4-6-21/h1-2,8,11H,3-7H2,(H,20,22)/t11-/m0/s1. The molecule has 0 spiro atoms. The van der Waals surface area contributed by atoms with Crippen LogP contribution in [-0.2, 0) is 6.18 Å². The van der Waals surface area contributed by atoms with E-state index in [0.29, 0.717) is 18.5 Å². The van der Waals surface area contributed by atoms with Gasteiger partial charge < -0.3 is 10.2 Å². The van der Waals surface area contributed by atoms with Crippen molar-refractivity contribution in [1.82, 2.24) is 15.2 Å². The molecule has 22 heavy (non-hydrogen) atoms. The Balaban J connectivity index is 1.75. The summed E-state index contributed by atoms with van der Waals surface area (Å²) in [5.74, 6) is -1.83. The van der Waals surface area contributed by atoms with Gasteiger partial charge in [-0.25, -0.2) is 9.37 Å². The third kappa shape index (κ3) is 2.92. The highest BCUT2D eigenvalue weighted by molar-refractivity contribution is 5.92. The molecule has 0 aliphatic carbocycles. The van der Waals surface area contributed by atoms with Gasteiger partial charge in [0.25, 0.3) is 5.91 Å². The number of hydrogen-bond acceptors (Lipinski definition) is 3. The van der Waals surface area contributed by atoms with E-state index in [4.69, 9.17) is 0 Å². The highest BCUT2D eigenvalue weighted by Crippen LogP contribution is 2.30. The number of rotatable bonds is 2. The van der Waals surface area contributed by atoms with Gasteiger partial charge in [-0.1, -0.05) is 0 Å². The molecule has 3 aliphatic rings. The van der Waals surface area contributed by atoms with Crippen molar-refractivity contribution >= 4 is 5.91 Å². The van der Waals surface area contributed by atoms with Gasteiger partial charge in [0.05, 0.1) is 0 Å². The molecule has 3 aliphatic heterocycles. The lowest BCUT2D eigenvalue weighted by molar-refractivity contribution is -0.143. The van der Waals surface area contributed by atoms with E-state index < -0.39 is 29.3 Å². The summed E-state index contributed by atoms with van der Waals surface area (Å²) >= 11 is 0. The van der Waals surface area contributed by atoms with E-state index in [0.717, 1.165) is 32.0 Å². The lowest BCUT2D eigenvalue weighted by Crippen LogP contribution is -2.57. The van der Waals surface area contributed by atoms with Crippen molar-refractivity contribution in [3.63, 3.8) is 0 Å². The van der Waals surface area contributed by atoms with Crippen LogP contribution < -0.4 is 5.32 Å². The van der Waals surface area contributed by atoms with E-state index in [1.807, 2.05) is 0 Å². The molecule has 1 N–H and O–H groups in total. The maximum atomic E-state index is 13.2. The predicted molar refractivity (Wildman–Crippen MR) is 69.6 cm³/mol. The molecule has 4 nitrogen and oxygen atoms in total. The monoisotopic (exact) mass is 317 g/mol. The zero-order chi connectivity index (χ0) is 15.9. The van der Waals surface area contributed by atoms with Gasteiger partial charge in [0.1, 0.15) is 5.69 Å². The first-order valence-corrected chi connectivity index (χ1v) is 7.11. The molecule has 8 heteroatoms. The number of fused-ring (bicyclic) bond motifs is 3. The molecule has 3 saturated heterocycles. The lowest BCUT2D eigenvalue weighted by Gasteiger charge is -2.44. The van der Waals surface area contributed by atoms with Crippen molar-refractivity contribution in [3.8, 4) is 0 Å². The summed E-state index contributed by atoms with van der Waals surface area (Å²) in [6.45, 7) is 2.68. The van der Waals surface area contributed by atoms with Gasteiger partial charge >= 0.3 is 6.18 Å². The number of amides is 1. The average molecular weight is 317 g/mol. The number of halogens is 4. The van der Waals surface area contributed by atoms with Gasteiger partial charge in [0.15, 0.2) is 11.5 Å². The van der Waals surface area contributed by atoms with Crippen molar-refractivity contribution in [2.45, 2.75) is 25.1 Å². The Bertz CT molecular complexity index is 582. The molecule has 1 atom stereocenters. The van der Waals surface area contributed by atoms with Gasteiger partial charge in [-0.05, 0) is 44.0 Å². The second kappa shape index (κ2) is 5.49. The average Bonchev–Trinajstić information content (AvgIpc) is 2.47. The minimum Gasteiger partial charge on any atom is -0.346 e. The number of nitrogens with zero attached hydrogens (tertiary/aromatic N) is 2. The quantitative estimate of drug-likeness (QED) is 0.849. The highest BCUT2D eigenvalue weighted by Gasteiger charge is 2.38. The number of carbonyl (C=O) groups is 1. The Hall–Kier alpha value is -1.70. The number of hydrogen-bond donors (Lipinski definition) is 1. The van der Waals surface area contributed by atoms with E-state index in [1.54, 1.807) is 0 Å². The zero-order valence-electron chi connectivity index (χ0n) is 11.7. The van der Waals surface area contributed by atoms with Crippen LogP contribution in [0.15, 0.2) is 12.1 Å². The second-order valence-corrected chi connectivity index (χ2v) is 5.74. The zero-order valence-corrected chi connectivity index (χ0v) is 11.7. The largest absolute Gasteiger partial charge is 0.436 e. The second-order valence-electron chi connectivity index (χ2n) is 5.74. The van der Waals surface area contributed by atoms with Crippen molar-refractivity contribution in [1.29, 1.82) is 0 Å². The van der Waals surface area contributed by atoms with E-state index in [-0.39, 0.29) is 6.04 Å². The topological polar surface area (TPSA) is 45.2 Å². The summed E-state index contributed by atoms with van der Waals surface area (Å²) in [5.41, 5.74) is -2.07. The van der Waals surface area contributed by atoms with Crippen molar-refractivity contribution in [2.24, 2.45) is 5.92 Å². The number of carbonyl (C=O) groups excluding carboxylic acids is 1.